The fraction of sp³-hybridized carbons (Fsp3) is 0.133. The van der Waals surface area contributed by atoms with Gasteiger partial charge < -0.3 is 5.73 Å². The normalized spacial score (nSPS) is 12.1. The summed E-state index contributed by atoms with van der Waals surface area (Å²) in [6, 6.07) is 13.6. The lowest BCUT2D eigenvalue weighted by molar-refractivity contribution is -0.115. The molecule has 0 fully saturated rings. The maximum absolute atomic E-state index is 13.2. The molecule has 20 heavy (non-hydrogen) atoms. The van der Waals surface area contributed by atoms with Crippen molar-refractivity contribution < 1.29 is 13.4 Å². The largest absolute Gasteiger partial charge is 0.369 e. The van der Waals surface area contributed by atoms with E-state index in [4.69, 9.17) is 5.73 Å². The summed E-state index contributed by atoms with van der Waals surface area (Å²) in [5, 5.41) is 0. The molecule has 0 aliphatic heterocycles. The van der Waals surface area contributed by atoms with Crippen LogP contribution < -0.4 is 5.73 Å². The van der Waals surface area contributed by atoms with Crippen LogP contribution in [0, 0.1) is 5.82 Å². The van der Waals surface area contributed by atoms with Gasteiger partial charge in [0.2, 0.25) is 5.91 Å². The van der Waals surface area contributed by atoms with Crippen molar-refractivity contribution in [3.8, 4) is 11.1 Å². The number of halogens is 1. The molecule has 2 aromatic carbocycles. The molecule has 0 heterocycles. The maximum Gasteiger partial charge on any atom is 0.230 e. The maximum atomic E-state index is 13.2. The standard InChI is InChI=1S/C15H14FNO2S/c16-14-6-2-5-13(8-14)12-4-1-3-11(7-12)9-20(19)10-15(17)18/h1-8H,9-10H2,(H2,17,18)/t20-/m1/s1. The van der Waals surface area contributed by atoms with Crippen molar-refractivity contribution in [3.63, 3.8) is 0 Å². The molecule has 104 valence electrons. The number of hydrogen-bond acceptors (Lipinski definition) is 2. The van der Waals surface area contributed by atoms with Crippen LogP contribution in [0.15, 0.2) is 48.5 Å². The lowest BCUT2D eigenvalue weighted by Crippen LogP contribution is -2.20. The van der Waals surface area contributed by atoms with E-state index in [1.165, 1.54) is 12.1 Å². The Morgan fingerprint density at radius 1 is 1.10 bits per heavy atom. The Hall–Kier alpha value is -2.01. The first-order chi connectivity index (χ1) is 9.54. The van der Waals surface area contributed by atoms with Crippen molar-refractivity contribution in [1.29, 1.82) is 0 Å². The lowest BCUT2D eigenvalue weighted by Gasteiger charge is -2.05. The van der Waals surface area contributed by atoms with Crippen LogP contribution in [-0.4, -0.2) is 15.9 Å². The van der Waals surface area contributed by atoms with Gasteiger partial charge in [-0.3, -0.25) is 9.00 Å². The molecule has 2 aromatic rings. The third-order valence-electron chi connectivity index (χ3n) is 2.72. The monoisotopic (exact) mass is 291 g/mol. The quantitative estimate of drug-likeness (QED) is 0.918. The van der Waals surface area contributed by atoms with E-state index in [0.717, 1.165) is 16.7 Å². The van der Waals surface area contributed by atoms with Gasteiger partial charge in [-0.05, 0) is 28.8 Å². The number of primary amides is 1. The van der Waals surface area contributed by atoms with E-state index < -0.39 is 16.7 Å². The minimum atomic E-state index is -1.32. The number of rotatable bonds is 5. The summed E-state index contributed by atoms with van der Waals surface area (Å²) in [5.74, 6) is -0.772. The van der Waals surface area contributed by atoms with E-state index in [9.17, 15) is 13.4 Å². The second-order valence-corrected chi connectivity index (χ2v) is 5.86. The molecule has 0 aliphatic carbocycles. The van der Waals surface area contributed by atoms with Gasteiger partial charge in [0, 0.05) is 16.6 Å². The Bertz CT molecular complexity index is 658. The van der Waals surface area contributed by atoms with Crippen LogP contribution in [0.4, 0.5) is 4.39 Å². The van der Waals surface area contributed by atoms with Crippen LogP contribution in [0.25, 0.3) is 11.1 Å². The SMILES string of the molecule is NC(=O)C[S@](=O)Cc1cccc(-c2cccc(F)c2)c1. The zero-order valence-electron chi connectivity index (χ0n) is 10.7. The third kappa shape index (κ3) is 3.99. The molecule has 5 heteroatoms. The minimum absolute atomic E-state index is 0.149. The van der Waals surface area contributed by atoms with Gasteiger partial charge in [0.25, 0.3) is 0 Å². The predicted octanol–water partition coefficient (Wildman–Crippen LogP) is 2.23. The number of nitrogens with two attached hydrogens (primary N) is 1. The number of amides is 1. The molecule has 0 aromatic heterocycles. The molecule has 2 rings (SSSR count). The second kappa shape index (κ2) is 6.43. The zero-order valence-corrected chi connectivity index (χ0v) is 11.5. The average molecular weight is 291 g/mol. The van der Waals surface area contributed by atoms with Gasteiger partial charge in [0.05, 0.1) is 0 Å². The number of carbonyl (C=O) groups is 1. The highest BCUT2D eigenvalue weighted by Gasteiger charge is 2.07. The molecular weight excluding hydrogens is 277 g/mol. The van der Waals surface area contributed by atoms with Gasteiger partial charge in [-0.25, -0.2) is 4.39 Å². The zero-order chi connectivity index (χ0) is 14.5. The summed E-state index contributed by atoms with van der Waals surface area (Å²) in [7, 11) is -1.32. The summed E-state index contributed by atoms with van der Waals surface area (Å²) >= 11 is 0. The topological polar surface area (TPSA) is 60.2 Å². The summed E-state index contributed by atoms with van der Waals surface area (Å²) in [4.78, 5) is 10.7. The Kier molecular flexibility index (Phi) is 4.63. The molecule has 0 unspecified atom stereocenters. The Morgan fingerprint density at radius 2 is 1.75 bits per heavy atom. The smallest absolute Gasteiger partial charge is 0.230 e. The first kappa shape index (κ1) is 14.4. The van der Waals surface area contributed by atoms with Gasteiger partial charge >= 0.3 is 0 Å². The van der Waals surface area contributed by atoms with Crippen LogP contribution in [-0.2, 0) is 21.3 Å². The van der Waals surface area contributed by atoms with Crippen LogP contribution in [0.3, 0.4) is 0 Å². The predicted molar refractivity (Wildman–Crippen MR) is 77.7 cm³/mol. The minimum Gasteiger partial charge on any atom is -0.369 e. The van der Waals surface area contributed by atoms with Gasteiger partial charge in [-0.1, -0.05) is 36.4 Å². The number of carbonyl (C=O) groups excluding carboxylic acids is 1. The molecular formula is C15H14FNO2S. The summed E-state index contributed by atoms with van der Waals surface area (Å²) in [5.41, 5.74) is 7.44. The van der Waals surface area contributed by atoms with Crippen molar-refractivity contribution in [3.05, 3.63) is 59.9 Å². The van der Waals surface area contributed by atoms with E-state index in [0.29, 0.717) is 0 Å². The van der Waals surface area contributed by atoms with E-state index in [1.54, 1.807) is 6.07 Å². The van der Waals surface area contributed by atoms with Crippen LogP contribution in [0.1, 0.15) is 5.56 Å². The van der Waals surface area contributed by atoms with E-state index >= 15 is 0 Å². The molecule has 0 saturated carbocycles. The fourth-order valence-electron chi connectivity index (χ4n) is 1.90. The summed E-state index contributed by atoms with van der Waals surface area (Å²) < 4.78 is 24.9. The number of hydrogen-bond donors (Lipinski definition) is 1. The first-order valence-corrected chi connectivity index (χ1v) is 7.51. The van der Waals surface area contributed by atoms with E-state index in [1.807, 2.05) is 30.3 Å². The van der Waals surface area contributed by atoms with Crippen molar-refractivity contribution in [2.75, 3.05) is 5.75 Å². The van der Waals surface area contributed by atoms with Gasteiger partial charge in [-0.2, -0.15) is 0 Å². The molecule has 1 amide bonds. The van der Waals surface area contributed by atoms with Gasteiger partial charge in [0.15, 0.2) is 0 Å². The van der Waals surface area contributed by atoms with Gasteiger partial charge in [0.1, 0.15) is 11.6 Å². The number of benzene rings is 2. The fourth-order valence-corrected chi connectivity index (χ4v) is 2.88. The molecule has 0 aliphatic rings. The van der Waals surface area contributed by atoms with Crippen molar-refractivity contribution >= 4 is 16.7 Å². The molecule has 3 nitrogen and oxygen atoms in total. The van der Waals surface area contributed by atoms with Crippen molar-refractivity contribution in [2.24, 2.45) is 5.73 Å². The summed E-state index contributed by atoms with van der Waals surface area (Å²) in [6.45, 7) is 0. The molecule has 0 spiro atoms. The molecule has 0 saturated heterocycles. The Labute approximate surface area is 119 Å². The third-order valence-corrected chi connectivity index (χ3v) is 3.98. The van der Waals surface area contributed by atoms with Crippen LogP contribution in [0.2, 0.25) is 0 Å². The van der Waals surface area contributed by atoms with Crippen LogP contribution in [0.5, 0.6) is 0 Å². The molecule has 0 radical (unpaired) electrons. The Balaban J connectivity index is 2.20. The highest BCUT2D eigenvalue weighted by atomic mass is 32.2. The van der Waals surface area contributed by atoms with Crippen LogP contribution >= 0.6 is 0 Å². The highest BCUT2D eigenvalue weighted by Crippen LogP contribution is 2.21. The lowest BCUT2D eigenvalue weighted by atomic mass is 10.0. The first-order valence-electron chi connectivity index (χ1n) is 6.03. The Morgan fingerprint density at radius 3 is 2.40 bits per heavy atom. The molecule has 2 N–H and O–H groups in total. The van der Waals surface area contributed by atoms with E-state index in [2.05, 4.69) is 0 Å². The van der Waals surface area contributed by atoms with Crippen molar-refractivity contribution in [2.45, 2.75) is 5.75 Å². The second-order valence-electron chi connectivity index (χ2n) is 4.41. The van der Waals surface area contributed by atoms with Crippen molar-refractivity contribution in [1.82, 2.24) is 0 Å². The average Bonchev–Trinajstić information content (AvgIpc) is 2.38. The molecule has 0 bridgehead atoms. The highest BCUT2D eigenvalue weighted by molar-refractivity contribution is 7.84. The summed E-state index contributed by atoms with van der Waals surface area (Å²) in [6.07, 6.45) is 0. The van der Waals surface area contributed by atoms with E-state index in [-0.39, 0.29) is 17.3 Å². The van der Waals surface area contributed by atoms with Gasteiger partial charge in [-0.15, -0.1) is 0 Å². The molecule has 1 atom stereocenters.